The van der Waals surface area contributed by atoms with Crippen molar-refractivity contribution in [2.24, 2.45) is 0 Å². The molecule has 0 aromatic carbocycles. The summed E-state index contributed by atoms with van der Waals surface area (Å²) in [5.74, 6) is 0.271. The molecule has 1 N–H and O–H groups in total. The monoisotopic (exact) mass is 284 g/mol. The Morgan fingerprint density at radius 3 is 2.47 bits per heavy atom. The molecule has 1 aliphatic rings. The lowest BCUT2D eigenvalue weighted by Gasteiger charge is -2.31. The van der Waals surface area contributed by atoms with Gasteiger partial charge in [-0.2, -0.15) is 4.31 Å². The summed E-state index contributed by atoms with van der Waals surface area (Å²) in [4.78, 5) is 5.45. The zero-order valence-corrected chi connectivity index (χ0v) is 12.2. The number of aromatic nitrogens is 1. The quantitative estimate of drug-likeness (QED) is 0.795. The maximum atomic E-state index is 12.0. The van der Waals surface area contributed by atoms with Gasteiger partial charge in [-0.05, 0) is 18.6 Å². The highest BCUT2D eigenvalue weighted by atomic mass is 32.2. The van der Waals surface area contributed by atoms with Crippen LogP contribution in [0.15, 0.2) is 24.5 Å². The highest BCUT2D eigenvalue weighted by Crippen LogP contribution is 2.03. The molecule has 106 valence electrons. The third-order valence-electron chi connectivity index (χ3n) is 3.49. The van der Waals surface area contributed by atoms with Crippen molar-refractivity contribution >= 4 is 10.0 Å². The van der Waals surface area contributed by atoms with Gasteiger partial charge in [0.25, 0.3) is 0 Å². The molecule has 0 amide bonds. The van der Waals surface area contributed by atoms with E-state index in [0.717, 1.165) is 19.6 Å². The average molecular weight is 284 g/mol. The van der Waals surface area contributed by atoms with E-state index in [-0.39, 0.29) is 5.75 Å². The van der Waals surface area contributed by atoms with Gasteiger partial charge in [0.1, 0.15) is 6.54 Å². The van der Waals surface area contributed by atoms with E-state index in [1.54, 1.807) is 16.7 Å². The van der Waals surface area contributed by atoms with E-state index < -0.39 is 10.0 Å². The second-order valence-corrected chi connectivity index (χ2v) is 7.09. The summed E-state index contributed by atoms with van der Waals surface area (Å²) in [6.07, 6.45) is 4.29. The van der Waals surface area contributed by atoms with Gasteiger partial charge in [-0.1, -0.05) is 6.92 Å². The van der Waals surface area contributed by atoms with Crippen LogP contribution in [0.2, 0.25) is 0 Å². The minimum atomic E-state index is -3.02. The zero-order valence-electron chi connectivity index (χ0n) is 11.4. The van der Waals surface area contributed by atoms with E-state index >= 15 is 0 Å². The molecule has 1 aromatic heterocycles. The standard InChI is InChI=1S/C13H21N3O2S/c1-2-11-19(17,18)16-9-7-15(8-10-16)12-13-3-5-14-6-4-13/h3-6H,2,7-12H2,1H3/p+1. The second-order valence-electron chi connectivity index (χ2n) is 5.00. The molecular formula is C13H22N3O2S+. The predicted molar refractivity (Wildman–Crippen MR) is 74.3 cm³/mol. The largest absolute Gasteiger partial charge is 0.329 e. The van der Waals surface area contributed by atoms with E-state index in [1.807, 2.05) is 19.1 Å². The van der Waals surface area contributed by atoms with Crippen molar-refractivity contribution in [2.45, 2.75) is 19.9 Å². The highest BCUT2D eigenvalue weighted by molar-refractivity contribution is 7.89. The van der Waals surface area contributed by atoms with Gasteiger partial charge in [-0.3, -0.25) is 4.98 Å². The van der Waals surface area contributed by atoms with Gasteiger partial charge in [-0.25, -0.2) is 8.42 Å². The Labute approximate surface area is 115 Å². The van der Waals surface area contributed by atoms with Crippen LogP contribution in [0.5, 0.6) is 0 Å². The summed E-state index contributed by atoms with van der Waals surface area (Å²) in [6, 6.07) is 4.04. The number of rotatable bonds is 5. The number of piperazine rings is 1. The van der Waals surface area contributed by atoms with Gasteiger partial charge in [0, 0.05) is 18.0 Å². The molecule has 1 aromatic rings. The van der Waals surface area contributed by atoms with E-state index in [4.69, 9.17) is 0 Å². The summed E-state index contributed by atoms with van der Waals surface area (Å²) in [6.45, 7) is 5.90. The molecule has 1 saturated heterocycles. The zero-order chi connectivity index (χ0) is 13.7. The van der Waals surface area contributed by atoms with Crippen LogP contribution in [0.4, 0.5) is 0 Å². The third kappa shape index (κ3) is 3.99. The average Bonchev–Trinajstić information content (AvgIpc) is 2.40. The molecular weight excluding hydrogens is 262 g/mol. The van der Waals surface area contributed by atoms with Gasteiger partial charge in [-0.15, -0.1) is 0 Å². The lowest BCUT2D eigenvalue weighted by atomic mass is 10.2. The molecule has 2 heterocycles. The van der Waals surface area contributed by atoms with Crippen LogP contribution in [0.3, 0.4) is 0 Å². The fourth-order valence-corrected chi connectivity index (χ4v) is 3.95. The molecule has 6 heteroatoms. The summed E-state index contributed by atoms with van der Waals surface area (Å²) >= 11 is 0. The second kappa shape index (κ2) is 6.45. The molecule has 5 nitrogen and oxygen atoms in total. The van der Waals surface area contributed by atoms with E-state index in [9.17, 15) is 8.42 Å². The summed E-state index contributed by atoms with van der Waals surface area (Å²) in [5.41, 5.74) is 1.26. The Morgan fingerprint density at radius 2 is 1.89 bits per heavy atom. The van der Waals surface area contributed by atoms with Gasteiger partial charge in [0.15, 0.2) is 0 Å². The number of nitrogens with one attached hydrogen (secondary N) is 1. The van der Waals surface area contributed by atoms with Crippen LogP contribution in [0, 0.1) is 0 Å². The van der Waals surface area contributed by atoms with Gasteiger partial charge in [0.2, 0.25) is 10.0 Å². The van der Waals surface area contributed by atoms with E-state index in [2.05, 4.69) is 4.98 Å². The number of hydrogen-bond acceptors (Lipinski definition) is 3. The Kier molecular flexibility index (Phi) is 4.90. The first-order valence-electron chi connectivity index (χ1n) is 6.82. The maximum absolute atomic E-state index is 12.0. The predicted octanol–water partition coefficient (Wildman–Crippen LogP) is -0.478. The van der Waals surface area contributed by atoms with Gasteiger partial charge < -0.3 is 4.90 Å². The van der Waals surface area contributed by atoms with Crippen molar-refractivity contribution < 1.29 is 13.3 Å². The van der Waals surface area contributed by atoms with E-state index in [0.29, 0.717) is 19.5 Å². The smallest absolute Gasteiger partial charge is 0.214 e. The van der Waals surface area contributed by atoms with Crippen molar-refractivity contribution in [3.63, 3.8) is 0 Å². The molecule has 0 bridgehead atoms. The molecule has 0 aliphatic carbocycles. The van der Waals surface area contributed by atoms with Crippen molar-refractivity contribution in [3.8, 4) is 0 Å². The number of sulfonamides is 1. The SMILES string of the molecule is CCCS(=O)(=O)N1CC[NH+](Cc2ccncc2)CC1. The van der Waals surface area contributed by atoms with Crippen molar-refractivity contribution in [1.82, 2.24) is 9.29 Å². The van der Waals surface area contributed by atoms with Crippen LogP contribution < -0.4 is 4.90 Å². The molecule has 0 radical (unpaired) electrons. The Bertz CT molecular complexity index is 482. The topological polar surface area (TPSA) is 54.7 Å². The Balaban J connectivity index is 1.86. The number of quaternary nitrogens is 1. The van der Waals surface area contributed by atoms with Gasteiger partial charge in [0.05, 0.1) is 31.9 Å². The van der Waals surface area contributed by atoms with Crippen LogP contribution >= 0.6 is 0 Å². The normalized spacial score (nSPS) is 18.6. The van der Waals surface area contributed by atoms with Crippen LogP contribution in [0.25, 0.3) is 0 Å². The Morgan fingerprint density at radius 1 is 1.26 bits per heavy atom. The first-order chi connectivity index (χ1) is 9.12. The van der Waals surface area contributed by atoms with Crippen molar-refractivity contribution in [1.29, 1.82) is 0 Å². The molecule has 1 aliphatic heterocycles. The summed E-state index contributed by atoms with van der Waals surface area (Å²) in [5, 5.41) is 0. The van der Waals surface area contributed by atoms with Crippen LogP contribution in [-0.2, 0) is 16.6 Å². The lowest BCUT2D eigenvalue weighted by Crippen LogP contribution is -3.13. The fraction of sp³-hybridized carbons (Fsp3) is 0.615. The van der Waals surface area contributed by atoms with Crippen molar-refractivity contribution in [3.05, 3.63) is 30.1 Å². The number of pyridine rings is 1. The molecule has 0 saturated carbocycles. The minimum absolute atomic E-state index is 0.271. The first-order valence-corrected chi connectivity index (χ1v) is 8.43. The minimum Gasteiger partial charge on any atom is -0.329 e. The van der Waals surface area contributed by atoms with Crippen LogP contribution in [-0.4, -0.2) is 49.6 Å². The Hall–Kier alpha value is -0.980. The van der Waals surface area contributed by atoms with E-state index in [1.165, 1.54) is 10.5 Å². The number of hydrogen-bond donors (Lipinski definition) is 1. The maximum Gasteiger partial charge on any atom is 0.214 e. The molecule has 1 fully saturated rings. The van der Waals surface area contributed by atoms with Crippen molar-refractivity contribution in [2.75, 3.05) is 31.9 Å². The van der Waals surface area contributed by atoms with Gasteiger partial charge >= 0.3 is 0 Å². The highest BCUT2D eigenvalue weighted by Gasteiger charge is 2.28. The third-order valence-corrected chi connectivity index (χ3v) is 5.56. The molecule has 2 rings (SSSR count). The summed E-state index contributed by atoms with van der Waals surface area (Å²) < 4.78 is 25.6. The molecule has 0 unspecified atom stereocenters. The summed E-state index contributed by atoms with van der Waals surface area (Å²) in [7, 11) is -3.02. The number of nitrogens with zero attached hydrogens (tertiary/aromatic N) is 2. The fourth-order valence-electron chi connectivity index (χ4n) is 2.43. The molecule has 0 spiro atoms. The molecule has 0 atom stereocenters. The lowest BCUT2D eigenvalue weighted by molar-refractivity contribution is -0.917. The molecule has 19 heavy (non-hydrogen) atoms. The first kappa shape index (κ1) is 14.4. The van der Waals surface area contributed by atoms with Crippen LogP contribution in [0.1, 0.15) is 18.9 Å².